The molecule has 2 atom stereocenters. The van der Waals surface area contributed by atoms with E-state index in [-0.39, 0.29) is 35.1 Å². The van der Waals surface area contributed by atoms with Gasteiger partial charge in [-0.3, -0.25) is 4.79 Å². The first kappa shape index (κ1) is 16.8. The highest BCUT2D eigenvalue weighted by atomic mass is 32.2. The lowest BCUT2D eigenvalue weighted by molar-refractivity contribution is -0.117. The van der Waals surface area contributed by atoms with E-state index in [9.17, 15) is 13.2 Å². The average molecular weight is 393 g/mol. The molecule has 5 nitrogen and oxygen atoms in total. The van der Waals surface area contributed by atoms with Crippen LogP contribution in [0, 0.1) is 0 Å². The molecule has 2 aromatic rings. The summed E-state index contributed by atoms with van der Waals surface area (Å²) >= 11 is 2.94. The number of thiophene rings is 1. The highest BCUT2D eigenvalue weighted by Gasteiger charge is 2.49. The van der Waals surface area contributed by atoms with Crippen molar-refractivity contribution in [3.8, 4) is 0 Å². The number of carbonyl (C=O) groups is 1. The van der Waals surface area contributed by atoms with E-state index in [1.54, 1.807) is 0 Å². The molecule has 25 heavy (non-hydrogen) atoms. The number of sulfone groups is 1. The number of aliphatic imine (C=N–C) groups is 1. The number of fused-ring (bicyclic) bond motifs is 1. The first-order valence-electron chi connectivity index (χ1n) is 7.87. The van der Waals surface area contributed by atoms with Crippen molar-refractivity contribution in [3.63, 3.8) is 0 Å². The van der Waals surface area contributed by atoms with Crippen LogP contribution in [-0.2, 0) is 21.1 Å². The third kappa shape index (κ3) is 3.51. The summed E-state index contributed by atoms with van der Waals surface area (Å²) in [6.45, 7) is 0. The second-order valence-electron chi connectivity index (χ2n) is 6.05. The van der Waals surface area contributed by atoms with E-state index in [0.717, 1.165) is 10.6 Å². The number of hydrogen-bond acceptors (Lipinski definition) is 5. The van der Waals surface area contributed by atoms with Crippen molar-refractivity contribution in [2.45, 2.75) is 17.7 Å². The lowest BCUT2D eigenvalue weighted by Gasteiger charge is -2.24. The van der Waals surface area contributed by atoms with Gasteiger partial charge in [-0.25, -0.2) is 8.42 Å². The van der Waals surface area contributed by atoms with Crippen molar-refractivity contribution in [2.24, 2.45) is 4.99 Å². The van der Waals surface area contributed by atoms with Crippen LogP contribution in [0.25, 0.3) is 0 Å². The van der Waals surface area contributed by atoms with Crippen LogP contribution in [0.4, 0.5) is 5.69 Å². The van der Waals surface area contributed by atoms with Gasteiger partial charge in [-0.1, -0.05) is 36.0 Å². The van der Waals surface area contributed by atoms with Gasteiger partial charge in [0.2, 0.25) is 0 Å². The zero-order chi connectivity index (χ0) is 17.4. The first-order valence-corrected chi connectivity index (χ1v) is 11.5. The molecule has 0 N–H and O–H groups in total. The van der Waals surface area contributed by atoms with Gasteiger partial charge in [-0.05, 0) is 23.6 Å². The van der Waals surface area contributed by atoms with Gasteiger partial charge in [-0.2, -0.15) is 4.99 Å². The molecule has 1 aromatic carbocycles. The number of anilines is 1. The summed E-state index contributed by atoms with van der Waals surface area (Å²) in [4.78, 5) is 19.6. The van der Waals surface area contributed by atoms with E-state index >= 15 is 0 Å². The number of benzene rings is 1. The fraction of sp³-hybridized carbons (Fsp3) is 0.294. The van der Waals surface area contributed by atoms with Crippen molar-refractivity contribution in [1.29, 1.82) is 0 Å². The SMILES string of the molecule is O=C(Cc1cccs1)N=C1S[C@H]2CS(=O)(=O)C[C@@H]2N1c1ccccc1. The molecule has 8 heteroatoms. The number of thioether (sulfide) groups is 1. The largest absolute Gasteiger partial charge is 0.316 e. The fourth-order valence-corrected chi connectivity index (χ4v) is 7.79. The maximum absolute atomic E-state index is 12.4. The topological polar surface area (TPSA) is 66.8 Å². The number of rotatable bonds is 3. The summed E-state index contributed by atoms with van der Waals surface area (Å²) in [7, 11) is -3.04. The van der Waals surface area contributed by atoms with Crippen molar-refractivity contribution < 1.29 is 13.2 Å². The highest BCUT2D eigenvalue weighted by molar-refractivity contribution is 8.16. The van der Waals surface area contributed by atoms with Crippen molar-refractivity contribution >= 4 is 49.7 Å². The van der Waals surface area contributed by atoms with Crippen LogP contribution in [0.15, 0.2) is 52.8 Å². The Balaban J connectivity index is 1.64. The molecule has 0 aliphatic carbocycles. The van der Waals surface area contributed by atoms with Gasteiger partial charge in [0.25, 0.3) is 5.91 Å². The van der Waals surface area contributed by atoms with Crippen LogP contribution in [0.3, 0.4) is 0 Å². The third-order valence-corrected chi connectivity index (χ3v) is 8.31. The Labute approximate surface area is 154 Å². The molecule has 0 spiro atoms. The number of hydrogen-bond donors (Lipinski definition) is 0. The zero-order valence-electron chi connectivity index (χ0n) is 13.2. The molecule has 2 fully saturated rings. The summed E-state index contributed by atoms with van der Waals surface area (Å²) < 4.78 is 24.0. The van der Waals surface area contributed by atoms with Crippen molar-refractivity contribution in [2.75, 3.05) is 16.4 Å². The molecule has 3 heterocycles. The molecular formula is C17H16N2O3S3. The maximum Gasteiger partial charge on any atom is 0.253 e. The number of amidine groups is 1. The summed E-state index contributed by atoms with van der Waals surface area (Å²) in [5.41, 5.74) is 0.877. The van der Waals surface area contributed by atoms with E-state index in [2.05, 4.69) is 4.99 Å². The standard InChI is InChI=1S/C17H16N2O3S3/c20-16(9-13-7-4-8-23-13)18-17-19(12-5-2-1-3-6-12)14-10-25(21,22)11-15(14)24-17/h1-8,14-15H,9-11H2/t14-,15-/m0/s1. The van der Waals surface area contributed by atoms with Crippen LogP contribution in [0.5, 0.6) is 0 Å². The van der Waals surface area contributed by atoms with Crippen LogP contribution < -0.4 is 4.90 Å². The lowest BCUT2D eigenvalue weighted by Crippen LogP contribution is -2.37. The minimum Gasteiger partial charge on any atom is -0.316 e. The van der Waals surface area contributed by atoms with Crippen LogP contribution in [0.2, 0.25) is 0 Å². The van der Waals surface area contributed by atoms with E-state index < -0.39 is 9.84 Å². The van der Waals surface area contributed by atoms with Crippen LogP contribution in [0.1, 0.15) is 4.88 Å². The minimum absolute atomic E-state index is 0.0708. The molecule has 2 saturated heterocycles. The number of amides is 1. The van der Waals surface area contributed by atoms with E-state index in [0.29, 0.717) is 5.17 Å². The Morgan fingerprint density at radius 1 is 1.16 bits per heavy atom. The first-order chi connectivity index (χ1) is 12.0. The normalized spacial score (nSPS) is 26.1. The molecule has 4 rings (SSSR count). The molecule has 2 aliphatic rings. The van der Waals surface area contributed by atoms with E-state index in [1.807, 2.05) is 52.7 Å². The van der Waals surface area contributed by atoms with Crippen LogP contribution >= 0.6 is 23.1 Å². The summed E-state index contributed by atoms with van der Waals surface area (Å²) in [6.07, 6.45) is 0.276. The molecule has 0 unspecified atom stereocenters. The van der Waals surface area contributed by atoms with Gasteiger partial charge in [0.05, 0.1) is 24.0 Å². The average Bonchev–Trinajstić information content (AvgIpc) is 3.23. The summed E-state index contributed by atoms with van der Waals surface area (Å²) in [6, 6.07) is 13.2. The molecule has 2 aliphatic heterocycles. The predicted molar refractivity (Wildman–Crippen MR) is 103 cm³/mol. The van der Waals surface area contributed by atoms with Crippen molar-refractivity contribution in [3.05, 3.63) is 52.7 Å². The highest BCUT2D eigenvalue weighted by Crippen LogP contribution is 2.40. The number of para-hydroxylation sites is 1. The molecule has 130 valence electrons. The molecule has 1 amide bonds. The minimum atomic E-state index is -3.04. The lowest BCUT2D eigenvalue weighted by atomic mass is 10.2. The Kier molecular flexibility index (Phi) is 4.43. The van der Waals surface area contributed by atoms with E-state index in [1.165, 1.54) is 23.1 Å². The Morgan fingerprint density at radius 2 is 1.96 bits per heavy atom. The van der Waals surface area contributed by atoms with Gasteiger partial charge in [0, 0.05) is 15.8 Å². The summed E-state index contributed by atoms with van der Waals surface area (Å²) in [5, 5.41) is 2.47. The van der Waals surface area contributed by atoms with Gasteiger partial charge in [0.15, 0.2) is 15.0 Å². The molecule has 0 radical (unpaired) electrons. The van der Waals surface area contributed by atoms with E-state index in [4.69, 9.17) is 0 Å². The molecular weight excluding hydrogens is 376 g/mol. The maximum atomic E-state index is 12.4. The van der Waals surface area contributed by atoms with Gasteiger partial charge < -0.3 is 4.90 Å². The quantitative estimate of drug-likeness (QED) is 0.803. The monoisotopic (exact) mass is 392 g/mol. The zero-order valence-corrected chi connectivity index (χ0v) is 15.7. The molecule has 0 bridgehead atoms. The Hall–Kier alpha value is -1.64. The molecule has 1 aromatic heterocycles. The molecule has 0 saturated carbocycles. The second-order valence-corrected chi connectivity index (χ2v) is 10.4. The van der Waals surface area contributed by atoms with Gasteiger partial charge in [0.1, 0.15) is 0 Å². The second kappa shape index (κ2) is 6.59. The summed E-state index contributed by atoms with van der Waals surface area (Å²) in [5.74, 6) is 0.0512. The predicted octanol–water partition coefficient (Wildman–Crippen LogP) is 2.59. The van der Waals surface area contributed by atoms with Gasteiger partial charge in [-0.15, -0.1) is 11.3 Å². The Bertz CT molecular complexity index is 908. The van der Waals surface area contributed by atoms with Crippen LogP contribution in [-0.4, -0.2) is 42.3 Å². The Morgan fingerprint density at radius 3 is 2.68 bits per heavy atom. The smallest absolute Gasteiger partial charge is 0.253 e. The van der Waals surface area contributed by atoms with Gasteiger partial charge >= 0.3 is 0 Å². The van der Waals surface area contributed by atoms with Crippen molar-refractivity contribution in [1.82, 2.24) is 0 Å². The third-order valence-electron chi connectivity index (χ3n) is 4.23. The number of nitrogens with zero attached hydrogens (tertiary/aromatic N) is 2. The fourth-order valence-electron chi connectivity index (χ4n) is 3.16. The number of carbonyl (C=O) groups excluding carboxylic acids is 1.